The van der Waals surface area contributed by atoms with Crippen LogP contribution in [0, 0.1) is 0 Å². The number of aromatic nitrogens is 1. The normalized spacial score (nSPS) is 14.1. The first-order chi connectivity index (χ1) is 17.6. The topological polar surface area (TPSA) is 123 Å². The van der Waals surface area contributed by atoms with Crippen LogP contribution in [0.4, 0.5) is 19.0 Å². The molecule has 3 N–H and O–H groups in total. The van der Waals surface area contributed by atoms with E-state index in [2.05, 4.69) is 15.2 Å². The van der Waals surface area contributed by atoms with Crippen LogP contribution in [-0.4, -0.2) is 77.2 Å². The summed E-state index contributed by atoms with van der Waals surface area (Å²) in [5, 5.41) is 18.5. The largest absolute Gasteiger partial charge is 0.478 e. The van der Waals surface area contributed by atoms with Gasteiger partial charge in [0.1, 0.15) is 11.5 Å². The molecule has 2 heterocycles. The number of carboxylic acids is 2. The van der Waals surface area contributed by atoms with E-state index < -0.39 is 23.8 Å². The van der Waals surface area contributed by atoms with E-state index in [1.165, 1.54) is 6.07 Å². The quantitative estimate of drug-likeness (QED) is 0.339. The van der Waals surface area contributed by atoms with Gasteiger partial charge in [-0.3, -0.25) is 9.69 Å². The van der Waals surface area contributed by atoms with Crippen LogP contribution in [0.2, 0.25) is 0 Å². The number of nitrogens with one attached hydrogen (secondary N) is 1. The Morgan fingerprint density at radius 3 is 2.08 bits per heavy atom. The van der Waals surface area contributed by atoms with Crippen LogP contribution in [0.15, 0.2) is 60.7 Å². The van der Waals surface area contributed by atoms with Gasteiger partial charge >= 0.3 is 18.1 Å². The monoisotopic (exact) mass is 522 g/mol. The number of amides is 1. The highest BCUT2D eigenvalue weighted by Gasteiger charge is 2.33. The van der Waals surface area contributed by atoms with E-state index in [4.69, 9.17) is 10.2 Å². The molecule has 0 spiro atoms. The van der Waals surface area contributed by atoms with Gasteiger partial charge in [0.15, 0.2) is 0 Å². The number of piperazine rings is 1. The lowest BCUT2D eigenvalue weighted by Crippen LogP contribution is -2.47. The average Bonchev–Trinajstić information content (AvgIpc) is 2.88. The molecule has 0 bridgehead atoms. The minimum atomic E-state index is -4.42. The number of nitrogens with zero attached hydrogens (tertiary/aromatic N) is 3. The minimum Gasteiger partial charge on any atom is -0.478 e. The first-order valence-electron chi connectivity index (χ1n) is 11.5. The lowest BCUT2D eigenvalue weighted by atomic mass is 10.2. The van der Waals surface area contributed by atoms with Crippen LogP contribution in [0.25, 0.3) is 0 Å². The fourth-order valence-electron chi connectivity index (χ4n) is 3.45. The van der Waals surface area contributed by atoms with Crippen molar-refractivity contribution >= 4 is 23.7 Å². The van der Waals surface area contributed by atoms with E-state index in [1.807, 2.05) is 23.1 Å². The van der Waals surface area contributed by atoms with Crippen molar-refractivity contribution in [3.05, 3.63) is 71.9 Å². The van der Waals surface area contributed by atoms with E-state index in [9.17, 15) is 27.6 Å². The molecule has 1 fully saturated rings. The summed E-state index contributed by atoms with van der Waals surface area (Å²) in [5.74, 6) is -2.20. The second kappa shape index (κ2) is 14.6. The van der Waals surface area contributed by atoms with Crippen LogP contribution in [-0.2, 0) is 15.8 Å². The number of alkyl halides is 3. The number of benzene rings is 1. The molecule has 9 nitrogen and oxygen atoms in total. The SMILES string of the molecule is O=C(NCCCCN1CCN(c2cccc(C(F)(F)F)n2)CC1)c1ccccc1.O=C(O)/C=C/C(=O)O. The van der Waals surface area contributed by atoms with E-state index in [1.54, 1.807) is 18.2 Å². The van der Waals surface area contributed by atoms with Crippen molar-refractivity contribution < 1.29 is 37.8 Å². The number of aliphatic carboxylic acids is 2. The van der Waals surface area contributed by atoms with Crippen LogP contribution in [0.3, 0.4) is 0 Å². The second-order valence-electron chi connectivity index (χ2n) is 8.05. The Kier molecular flexibility index (Phi) is 11.6. The zero-order valence-electron chi connectivity index (χ0n) is 20.0. The molecule has 0 saturated carbocycles. The summed E-state index contributed by atoms with van der Waals surface area (Å²) in [5.41, 5.74) is -0.193. The van der Waals surface area contributed by atoms with Crippen molar-refractivity contribution in [3.8, 4) is 0 Å². The second-order valence-corrected chi connectivity index (χ2v) is 8.05. The highest BCUT2D eigenvalue weighted by molar-refractivity contribution is 5.94. The zero-order chi connectivity index (χ0) is 27.3. The number of anilines is 1. The molecular weight excluding hydrogens is 493 g/mol. The molecule has 3 rings (SSSR count). The van der Waals surface area contributed by atoms with Crippen molar-refractivity contribution in [2.75, 3.05) is 44.2 Å². The molecule has 37 heavy (non-hydrogen) atoms. The number of pyridine rings is 1. The molecular formula is C25H29F3N4O5. The molecule has 1 saturated heterocycles. The number of carboxylic acid groups (broad SMARTS) is 2. The lowest BCUT2D eigenvalue weighted by Gasteiger charge is -2.35. The number of carbonyl (C=O) groups excluding carboxylic acids is 1. The third-order valence-electron chi connectivity index (χ3n) is 5.31. The Bertz CT molecular complexity index is 1040. The molecule has 0 unspecified atom stereocenters. The van der Waals surface area contributed by atoms with Gasteiger partial charge < -0.3 is 20.4 Å². The molecule has 12 heteroatoms. The molecule has 1 aliphatic rings. The predicted molar refractivity (Wildman–Crippen MR) is 130 cm³/mol. The molecule has 1 aromatic heterocycles. The summed E-state index contributed by atoms with van der Waals surface area (Å²) in [7, 11) is 0. The van der Waals surface area contributed by atoms with E-state index >= 15 is 0 Å². The zero-order valence-corrected chi connectivity index (χ0v) is 20.0. The third kappa shape index (κ3) is 11.1. The molecule has 0 radical (unpaired) electrons. The van der Waals surface area contributed by atoms with Gasteiger partial charge in [-0.05, 0) is 43.7 Å². The molecule has 200 valence electrons. The maximum absolute atomic E-state index is 12.8. The van der Waals surface area contributed by atoms with Crippen molar-refractivity contribution in [1.82, 2.24) is 15.2 Å². The highest BCUT2D eigenvalue weighted by Crippen LogP contribution is 2.29. The summed E-state index contributed by atoms with van der Waals surface area (Å²) >= 11 is 0. The molecule has 1 amide bonds. The van der Waals surface area contributed by atoms with E-state index in [-0.39, 0.29) is 5.91 Å². The number of carbonyl (C=O) groups is 3. The Hall–Kier alpha value is -3.93. The average molecular weight is 523 g/mol. The van der Waals surface area contributed by atoms with Crippen LogP contribution in [0.5, 0.6) is 0 Å². The Morgan fingerprint density at radius 2 is 1.51 bits per heavy atom. The van der Waals surface area contributed by atoms with Gasteiger partial charge in [-0.25, -0.2) is 14.6 Å². The number of unbranched alkanes of at least 4 members (excludes halogenated alkanes) is 1. The molecule has 0 aliphatic carbocycles. The first kappa shape index (κ1) is 29.3. The van der Waals surface area contributed by atoms with Crippen LogP contribution >= 0.6 is 0 Å². The number of rotatable bonds is 9. The fraction of sp³-hybridized carbons (Fsp3) is 0.360. The Balaban J connectivity index is 0.000000521. The van der Waals surface area contributed by atoms with Gasteiger partial charge in [-0.2, -0.15) is 13.2 Å². The van der Waals surface area contributed by atoms with Crippen LogP contribution in [0.1, 0.15) is 28.9 Å². The van der Waals surface area contributed by atoms with Crippen molar-refractivity contribution in [2.45, 2.75) is 19.0 Å². The maximum atomic E-state index is 12.8. The summed E-state index contributed by atoms with van der Waals surface area (Å²) in [4.78, 5) is 39.0. The molecule has 1 aromatic carbocycles. The first-order valence-corrected chi connectivity index (χ1v) is 11.5. The number of hydrogen-bond donors (Lipinski definition) is 3. The molecule has 2 aromatic rings. The van der Waals surface area contributed by atoms with Gasteiger partial charge in [-0.1, -0.05) is 24.3 Å². The minimum absolute atomic E-state index is 0.0622. The fourth-order valence-corrected chi connectivity index (χ4v) is 3.45. The van der Waals surface area contributed by atoms with Crippen molar-refractivity contribution in [2.24, 2.45) is 0 Å². The Labute approximate surface area is 212 Å². The summed E-state index contributed by atoms with van der Waals surface area (Å²) < 4.78 is 38.5. The van der Waals surface area contributed by atoms with Gasteiger partial charge in [0.2, 0.25) is 0 Å². The standard InChI is InChI=1S/C21H25F3N4O.C4H4O4/c22-21(23,24)18-9-6-10-19(26-18)28-15-13-27(14-16-28)12-5-4-11-25-20(29)17-7-2-1-3-8-17;5-3(6)1-2-4(7)8/h1-3,6-10H,4-5,11-16H2,(H,25,29);1-2H,(H,5,6)(H,7,8)/b;2-1+. The number of halogens is 3. The molecule has 0 atom stereocenters. The lowest BCUT2D eigenvalue weighted by molar-refractivity contribution is -0.141. The van der Waals surface area contributed by atoms with E-state index in [0.29, 0.717) is 43.2 Å². The molecule has 1 aliphatic heterocycles. The van der Waals surface area contributed by atoms with Gasteiger partial charge in [-0.15, -0.1) is 0 Å². The predicted octanol–water partition coefficient (Wildman–Crippen LogP) is 3.14. The van der Waals surface area contributed by atoms with Gasteiger partial charge in [0, 0.05) is 50.4 Å². The van der Waals surface area contributed by atoms with Gasteiger partial charge in [0.05, 0.1) is 0 Å². The third-order valence-corrected chi connectivity index (χ3v) is 5.31. The Morgan fingerprint density at radius 1 is 0.892 bits per heavy atom. The van der Waals surface area contributed by atoms with E-state index in [0.717, 1.165) is 38.5 Å². The summed E-state index contributed by atoms with van der Waals surface area (Å²) in [6.07, 6.45) is -1.47. The van der Waals surface area contributed by atoms with Crippen molar-refractivity contribution in [1.29, 1.82) is 0 Å². The summed E-state index contributed by atoms with van der Waals surface area (Å²) in [6, 6.07) is 13.1. The van der Waals surface area contributed by atoms with Crippen LogP contribution < -0.4 is 10.2 Å². The smallest absolute Gasteiger partial charge is 0.433 e. The highest BCUT2D eigenvalue weighted by atomic mass is 19.4. The maximum Gasteiger partial charge on any atom is 0.433 e. The summed E-state index contributed by atoms with van der Waals surface area (Å²) in [6.45, 7) is 4.41. The number of hydrogen-bond acceptors (Lipinski definition) is 6. The van der Waals surface area contributed by atoms with Gasteiger partial charge in [0.25, 0.3) is 5.91 Å². The van der Waals surface area contributed by atoms with Crippen molar-refractivity contribution in [3.63, 3.8) is 0 Å².